The zero-order valence-electron chi connectivity index (χ0n) is 15.2. The van der Waals surface area contributed by atoms with Crippen molar-refractivity contribution in [3.63, 3.8) is 0 Å². The van der Waals surface area contributed by atoms with Crippen LogP contribution in [0.4, 0.5) is 0 Å². The summed E-state index contributed by atoms with van der Waals surface area (Å²) in [5.41, 5.74) is 3.36. The normalized spacial score (nSPS) is 16.3. The third-order valence-electron chi connectivity index (χ3n) is 5.27. The molecule has 1 unspecified atom stereocenters. The molecule has 138 valence electrons. The second-order valence-electron chi connectivity index (χ2n) is 7.14. The zero-order chi connectivity index (χ0) is 18.6. The van der Waals surface area contributed by atoms with Gasteiger partial charge in [0.1, 0.15) is 0 Å². The number of aromatic nitrogens is 2. The molecule has 5 nitrogen and oxygen atoms in total. The van der Waals surface area contributed by atoms with Crippen molar-refractivity contribution in [3.8, 4) is 0 Å². The van der Waals surface area contributed by atoms with Crippen molar-refractivity contribution >= 4 is 0 Å². The van der Waals surface area contributed by atoms with Crippen LogP contribution in [0.25, 0.3) is 0 Å². The molecule has 5 heteroatoms. The van der Waals surface area contributed by atoms with Gasteiger partial charge in [0.15, 0.2) is 0 Å². The highest BCUT2D eigenvalue weighted by atomic mass is 16.2. The lowest BCUT2D eigenvalue weighted by atomic mass is 9.91. The van der Waals surface area contributed by atoms with Gasteiger partial charge in [-0.05, 0) is 30.4 Å². The van der Waals surface area contributed by atoms with Gasteiger partial charge in [-0.15, -0.1) is 0 Å². The maximum atomic E-state index is 12.3. The third kappa shape index (κ3) is 4.09. The lowest BCUT2D eigenvalue weighted by Gasteiger charge is -2.35. The maximum absolute atomic E-state index is 12.3. The van der Waals surface area contributed by atoms with E-state index in [-0.39, 0.29) is 11.6 Å². The summed E-state index contributed by atoms with van der Waals surface area (Å²) >= 11 is 0. The summed E-state index contributed by atoms with van der Waals surface area (Å²) in [7, 11) is 0. The fraction of sp³-hybridized carbons (Fsp3) is 0.273. The molecule has 0 fully saturated rings. The van der Waals surface area contributed by atoms with E-state index >= 15 is 0 Å². The molecular formula is C22H23N3O2. The van der Waals surface area contributed by atoms with Gasteiger partial charge in [-0.1, -0.05) is 60.7 Å². The number of rotatable bonds is 5. The van der Waals surface area contributed by atoms with E-state index in [4.69, 9.17) is 0 Å². The van der Waals surface area contributed by atoms with Gasteiger partial charge < -0.3 is 4.98 Å². The number of hydrogen-bond acceptors (Lipinski definition) is 3. The van der Waals surface area contributed by atoms with E-state index in [0.717, 1.165) is 37.2 Å². The molecule has 2 aromatic carbocycles. The predicted molar refractivity (Wildman–Crippen MR) is 106 cm³/mol. The number of fused-ring (bicyclic) bond motifs is 1. The summed E-state index contributed by atoms with van der Waals surface area (Å²) in [6.07, 6.45) is 2.30. The Morgan fingerprint density at radius 1 is 0.852 bits per heavy atom. The number of nitrogens with one attached hydrogen (secondary N) is 2. The van der Waals surface area contributed by atoms with Gasteiger partial charge in [0, 0.05) is 30.4 Å². The first kappa shape index (κ1) is 17.5. The Hall–Kier alpha value is -2.92. The molecule has 0 aliphatic heterocycles. The smallest absolute Gasteiger partial charge is 0.311 e. The molecule has 27 heavy (non-hydrogen) atoms. The van der Waals surface area contributed by atoms with Crippen molar-refractivity contribution in [1.82, 2.24) is 14.9 Å². The van der Waals surface area contributed by atoms with Gasteiger partial charge in [-0.3, -0.25) is 14.7 Å². The first-order chi connectivity index (χ1) is 13.2. The number of benzene rings is 2. The molecule has 0 spiro atoms. The van der Waals surface area contributed by atoms with Crippen molar-refractivity contribution in [3.05, 3.63) is 104 Å². The molecule has 0 radical (unpaired) electrons. The summed E-state index contributed by atoms with van der Waals surface area (Å²) < 4.78 is 0. The molecule has 0 saturated carbocycles. The van der Waals surface area contributed by atoms with Crippen molar-refractivity contribution in [2.45, 2.75) is 38.4 Å². The first-order valence-electron chi connectivity index (χ1n) is 9.35. The summed E-state index contributed by atoms with van der Waals surface area (Å²) in [5, 5.41) is 0. The van der Waals surface area contributed by atoms with Gasteiger partial charge in [0.2, 0.25) is 0 Å². The Labute approximate surface area is 157 Å². The topological polar surface area (TPSA) is 69.0 Å². The Kier molecular flexibility index (Phi) is 5.03. The van der Waals surface area contributed by atoms with Crippen molar-refractivity contribution in [1.29, 1.82) is 0 Å². The van der Waals surface area contributed by atoms with Crippen LogP contribution in [0.3, 0.4) is 0 Å². The molecule has 1 heterocycles. The fourth-order valence-electron chi connectivity index (χ4n) is 3.90. The molecule has 1 aromatic heterocycles. The Bertz CT molecular complexity index is 967. The highest BCUT2D eigenvalue weighted by Crippen LogP contribution is 2.23. The fourth-order valence-corrected chi connectivity index (χ4v) is 3.90. The number of aromatic amines is 2. The van der Waals surface area contributed by atoms with Crippen LogP contribution in [0.5, 0.6) is 0 Å². The number of H-pyrrole nitrogens is 2. The van der Waals surface area contributed by atoms with Gasteiger partial charge in [-0.25, -0.2) is 4.79 Å². The molecule has 0 saturated heterocycles. The SMILES string of the molecule is O=c1[nH]c2c(c(=O)[nH]1)CC(N(Cc1ccccc1)Cc1ccccc1)CC2. The second kappa shape index (κ2) is 7.76. The zero-order valence-corrected chi connectivity index (χ0v) is 15.2. The molecule has 3 aromatic rings. The highest BCUT2D eigenvalue weighted by Gasteiger charge is 2.27. The predicted octanol–water partition coefficient (Wildman–Crippen LogP) is 2.62. The Balaban J connectivity index is 1.62. The van der Waals surface area contributed by atoms with Crippen LogP contribution < -0.4 is 11.2 Å². The van der Waals surface area contributed by atoms with E-state index in [1.807, 2.05) is 12.1 Å². The summed E-state index contributed by atoms with van der Waals surface area (Å²) in [5.74, 6) is 0. The lowest BCUT2D eigenvalue weighted by molar-refractivity contribution is 0.161. The second-order valence-corrected chi connectivity index (χ2v) is 7.14. The van der Waals surface area contributed by atoms with Crippen LogP contribution in [0.15, 0.2) is 70.3 Å². The van der Waals surface area contributed by atoms with E-state index in [2.05, 4.69) is 63.4 Å². The average Bonchev–Trinajstić information content (AvgIpc) is 2.69. The van der Waals surface area contributed by atoms with Crippen molar-refractivity contribution < 1.29 is 0 Å². The monoisotopic (exact) mass is 361 g/mol. The van der Waals surface area contributed by atoms with E-state index in [0.29, 0.717) is 6.42 Å². The molecule has 4 rings (SSSR count). The van der Waals surface area contributed by atoms with Gasteiger partial charge in [0.05, 0.1) is 0 Å². The summed E-state index contributed by atoms with van der Waals surface area (Å²) in [6, 6.07) is 21.1. The van der Waals surface area contributed by atoms with Crippen molar-refractivity contribution in [2.75, 3.05) is 0 Å². The van der Waals surface area contributed by atoms with E-state index in [9.17, 15) is 9.59 Å². The minimum absolute atomic E-state index is 0.252. The average molecular weight is 361 g/mol. The van der Waals surface area contributed by atoms with Crippen LogP contribution >= 0.6 is 0 Å². The molecule has 1 aliphatic rings. The molecule has 1 atom stereocenters. The van der Waals surface area contributed by atoms with Gasteiger partial charge >= 0.3 is 5.69 Å². The first-order valence-corrected chi connectivity index (χ1v) is 9.35. The van der Waals surface area contributed by atoms with E-state index < -0.39 is 5.69 Å². The lowest BCUT2D eigenvalue weighted by Crippen LogP contribution is -2.42. The minimum Gasteiger partial charge on any atom is -0.311 e. The van der Waals surface area contributed by atoms with Crippen LogP contribution in [0, 0.1) is 0 Å². The molecule has 2 N–H and O–H groups in total. The highest BCUT2D eigenvalue weighted by molar-refractivity contribution is 5.23. The molecular weight excluding hydrogens is 338 g/mol. The van der Waals surface area contributed by atoms with Crippen LogP contribution in [0.2, 0.25) is 0 Å². The number of hydrogen-bond donors (Lipinski definition) is 2. The maximum Gasteiger partial charge on any atom is 0.325 e. The Morgan fingerprint density at radius 2 is 1.44 bits per heavy atom. The minimum atomic E-state index is -0.414. The number of aryl methyl sites for hydroxylation is 1. The third-order valence-corrected chi connectivity index (χ3v) is 5.27. The number of nitrogens with zero attached hydrogens (tertiary/aromatic N) is 1. The largest absolute Gasteiger partial charge is 0.325 e. The van der Waals surface area contributed by atoms with Crippen LogP contribution in [-0.4, -0.2) is 20.9 Å². The van der Waals surface area contributed by atoms with Crippen LogP contribution in [0.1, 0.15) is 28.8 Å². The molecule has 1 aliphatic carbocycles. The summed E-state index contributed by atoms with van der Waals surface area (Å²) in [6.45, 7) is 1.66. The molecule has 0 bridgehead atoms. The Morgan fingerprint density at radius 3 is 2.04 bits per heavy atom. The standard InChI is InChI=1S/C22H23N3O2/c26-21-19-13-18(11-12-20(19)23-22(27)24-21)25(14-16-7-3-1-4-8-16)15-17-9-5-2-6-10-17/h1-10,18H,11-15H2,(H2,23,24,26,27). The van der Waals surface area contributed by atoms with Crippen LogP contribution in [-0.2, 0) is 25.9 Å². The van der Waals surface area contributed by atoms with Crippen molar-refractivity contribution in [2.24, 2.45) is 0 Å². The quantitative estimate of drug-likeness (QED) is 0.734. The van der Waals surface area contributed by atoms with E-state index in [1.165, 1.54) is 11.1 Å². The molecule has 0 amide bonds. The van der Waals surface area contributed by atoms with Gasteiger partial charge in [-0.2, -0.15) is 0 Å². The van der Waals surface area contributed by atoms with Gasteiger partial charge in [0.25, 0.3) is 5.56 Å². The van der Waals surface area contributed by atoms with E-state index in [1.54, 1.807) is 0 Å². The summed E-state index contributed by atoms with van der Waals surface area (Å²) in [4.78, 5) is 31.4.